The highest BCUT2D eigenvalue weighted by Gasteiger charge is 2.36. The van der Waals surface area contributed by atoms with Gasteiger partial charge in [-0.3, -0.25) is 4.79 Å². The SMILES string of the molecule is O=C(N/N=C/c1cc(C(F)(F)F)cc(C(F)(F)F)c1)c1cc(Cl)ccc1O. The third-order valence-electron chi connectivity index (χ3n) is 3.19. The number of nitrogens with one attached hydrogen (secondary N) is 1. The van der Waals surface area contributed by atoms with Crippen LogP contribution in [0, 0.1) is 0 Å². The molecule has 0 heterocycles. The summed E-state index contributed by atoms with van der Waals surface area (Å²) in [7, 11) is 0. The van der Waals surface area contributed by atoms with Crippen LogP contribution < -0.4 is 5.43 Å². The van der Waals surface area contributed by atoms with Gasteiger partial charge in [-0.15, -0.1) is 0 Å². The van der Waals surface area contributed by atoms with Gasteiger partial charge in [-0.1, -0.05) is 11.6 Å². The van der Waals surface area contributed by atoms with Crippen LogP contribution in [-0.2, 0) is 12.4 Å². The molecule has 0 bridgehead atoms. The van der Waals surface area contributed by atoms with Crippen molar-refractivity contribution in [2.45, 2.75) is 12.4 Å². The third-order valence-corrected chi connectivity index (χ3v) is 3.43. The van der Waals surface area contributed by atoms with E-state index in [9.17, 15) is 36.2 Å². The number of phenols is 1. The lowest BCUT2D eigenvalue weighted by Gasteiger charge is -2.12. The zero-order valence-corrected chi connectivity index (χ0v) is 13.7. The average molecular weight is 411 g/mol. The van der Waals surface area contributed by atoms with Gasteiger partial charge in [-0.2, -0.15) is 31.4 Å². The van der Waals surface area contributed by atoms with Crippen molar-refractivity contribution in [3.05, 3.63) is 63.7 Å². The van der Waals surface area contributed by atoms with E-state index in [0.29, 0.717) is 18.3 Å². The molecule has 0 aliphatic carbocycles. The number of phenolic OH excluding ortho intramolecular Hbond substituents is 1. The predicted molar refractivity (Wildman–Crippen MR) is 84.6 cm³/mol. The van der Waals surface area contributed by atoms with Crippen molar-refractivity contribution in [1.29, 1.82) is 0 Å². The van der Waals surface area contributed by atoms with Gasteiger partial charge >= 0.3 is 12.4 Å². The molecule has 0 saturated carbocycles. The van der Waals surface area contributed by atoms with E-state index in [1.54, 1.807) is 0 Å². The number of rotatable bonds is 3. The van der Waals surface area contributed by atoms with Crippen LogP contribution in [0.15, 0.2) is 41.5 Å². The number of nitrogens with zero attached hydrogens (tertiary/aromatic N) is 1. The summed E-state index contributed by atoms with van der Waals surface area (Å²) >= 11 is 5.67. The van der Waals surface area contributed by atoms with Crippen molar-refractivity contribution >= 4 is 23.7 Å². The van der Waals surface area contributed by atoms with Gasteiger partial charge < -0.3 is 5.11 Å². The number of halogens is 7. The minimum atomic E-state index is -5.00. The molecular formula is C16H9ClF6N2O2. The molecule has 0 fully saturated rings. The maximum Gasteiger partial charge on any atom is 0.416 e. The predicted octanol–water partition coefficient (Wildman–Crippen LogP) is 4.85. The third kappa shape index (κ3) is 5.36. The van der Waals surface area contributed by atoms with E-state index in [4.69, 9.17) is 11.6 Å². The second kappa shape index (κ2) is 7.47. The van der Waals surface area contributed by atoms with Gasteiger partial charge in [-0.05, 0) is 42.0 Å². The molecule has 144 valence electrons. The molecule has 0 saturated heterocycles. The van der Waals surface area contributed by atoms with Gasteiger partial charge in [0.15, 0.2) is 0 Å². The minimum absolute atomic E-state index is 0.0279. The lowest BCUT2D eigenvalue weighted by Crippen LogP contribution is -2.18. The Morgan fingerprint density at radius 2 is 1.56 bits per heavy atom. The molecule has 0 spiro atoms. The molecular weight excluding hydrogens is 402 g/mol. The average Bonchev–Trinajstić information content (AvgIpc) is 2.55. The number of amides is 1. The molecule has 27 heavy (non-hydrogen) atoms. The van der Waals surface area contributed by atoms with E-state index >= 15 is 0 Å². The summed E-state index contributed by atoms with van der Waals surface area (Å²) in [4.78, 5) is 11.9. The smallest absolute Gasteiger partial charge is 0.416 e. The molecule has 2 aromatic carbocycles. The van der Waals surface area contributed by atoms with Crippen LogP contribution in [0.4, 0.5) is 26.3 Å². The second-order valence-electron chi connectivity index (χ2n) is 5.20. The van der Waals surface area contributed by atoms with Crippen molar-refractivity contribution in [2.75, 3.05) is 0 Å². The number of hydrogen-bond donors (Lipinski definition) is 2. The van der Waals surface area contributed by atoms with Crippen molar-refractivity contribution in [2.24, 2.45) is 5.10 Å². The molecule has 0 radical (unpaired) electrons. The summed E-state index contributed by atoms with van der Waals surface area (Å²) in [6.07, 6.45) is -9.39. The highest BCUT2D eigenvalue weighted by Crippen LogP contribution is 2.36. The normalized spacial score (nSPS) is 12.4. The molecule has 2 N–H and O–H groups in total. The lowest BCUT2D eigenvalue weighted by atomic mass is 10.1. The van der Waals surface area contributed by atoms with E-state index in [1.807, 2.05) is 5.43 Å². The van der Waals surface area contributed by atoms with Crippen LogP contribution in [-0.4, -0.2) is 17.2 Å². The van der Waals surface area contributed by atoms with Crippen molar-refractivity contribution in [3.8, 4) is 5.75 Å². The highest BCUT2D eigenvalue weighted by molar-refractivity contribution is 6.31. The van der Waals surface area contributed by atoms with Crippen LogP contribution in [0.3, 0.4) is 0 Å². The van der Waals surface area contributed by atoms with Crippen molar-refractivity contribution < 1.29 is 36.2 Å². The molecule has 0 aromatic heterocycles. The Morgan fingerprint density at radius 1 is 1.00 bits per heavy atom. The summed E-state index contributed by atoms with van der Waals surface area (Å²) in [5, 5.41) is 13.0. The number of benzene rings is 2. The van der Waals surface area contributed by atoms with E-state index in [-0.39, 0.29) is 16.7 Å². The Kier molecular flexibility index (Phi) is 5.69. The molecule has 2 rings (SSSR count). The number of hydrazone groups is 1. The Balaban J connectivity index is 2.28. The first-order valence-electron chi connectivity index (χ1n) is 6.99. The van der Waals surface area contributed by atoms with Gasteiger partial charge in [0.1, 0.15) is 5.75 Å². The molecule has 0 aliphatic heterocycles. The van der Waals surface area contributed by atoms with Gasteiger partial charge in [0.25, 0.3) is 5.91 Å². The Labute approximate surface area is 153 Å². The van der Waals surface area contributed by atoms with Crippen LogP contribution in [0.1, 0.15) is 27.0 Å². The number of alkyl halides is 6. The molecule has 0 aliphatic rings. The molecule has 2 aromatic rings. The van der Waals surface area contributed by atoms with Crippen LogP contribution >= 0.6 is 11.6 Å². The van der Waals surface area contributed by atoms with Crippen LogP contribution in [0.25, 0.3) is 0 Å². The summed E-state index contributed by atoms with van der Waals surface area (Å²) in [5.41, 5.74) is -1.96. The second-order valence-corrected chi connectivity index (χ2v) is 5.64. The van der Waals surface area contributed by atoms with Crippen molar-refractivity contribution in [1.82, 2.24) is 5.43 Å². The molecule has 1 amide bonds. The topological polar surface area (TPSA) is 61.7 Å². The highest BCUT2D eigenvalue weighted by atomic mass is 35.5. The maximum atomic E-state index is 12.8. The number of hydrogen-bond acceptors (Lipinski definition) is 3. The number of carbonyl (C=O) groups is 1. The monoisotopic (exact) mass is 410 g/mol. The van der Waals surface area contributed by atoms with Crippen molar-refractivity contribution in [3.63, 3.8) is 0 Å². The van der Waals surface area contributed by atoms with E-state index in [1.165, 1.54) is 6.07 Å². The van der Waals surface area contributed by atoms with Gasteiger partial charge in [0.05, 0.1) is 22.9 Å². The maximum absolute atomic E-state index is 12.8. The fraction of sp³-hybridized carbons (Fsp3) is 0.125. The first-order valence-corrected chi connectivity index (χ1v) is 7.37. The zero-order valence-electron chi connectivity index (χ0n) is 13.0. The first-order chi connectivity index (χ1) is 12.4. The summed E-state index contributed by atoms with van der Waals surface area (Å²) in [6, 6.07) is 4.40. The Hall–Kier alpha value is -2.75. The fourth-order valence-corrected chi connectivity index (χ4v) is 2.14. The van der Waals surface area contributed by atoms with E-state index in [2.05, 4.69) is 5.10 Å². The van der Waals surface area contributed by atoms with E-state index < -0.39 is 40.7 Å². The van der Waals surface area contributed by atoms with Crippen LogP contribution in [0.5, 0.6) is 5.75 Å². The summed E-state index contributed by atoms with van der Waals surface area (Å²) < 4.78 is 76.6. The quantitative estimate of drug-likeness (QED) is 0.432. The summed E-state index contributed by atoms with van der Waals surface area (Å²) in [6.45, 7) is 0. The largest absolute Gasteiger partial charge is 0.507 e. The van der Waals surface area contributed by atoms with E-state index in [0.717, 1.165) is 12.1 Å². The molecule has 11 heteroatoms. The lowest BCUT2D eigenvalue weighted by molar-refractivity contribution is -0.143. The molecule has 4 nitrogen and oxygen atoms in total. The molecule has 0 atom stereocenters. The van der Waals surface area contributed by atoms with Gasteiger partial charge in [-0.25, -0.2) is 5.43 Å². The fourth-order valence-electron chi connectivity index (χ4n) is 1.97. The number of aromatic hydroxyl groups is 1. The Morgan fingerprint density at radius 3 is 2.07 bits per heavy atom. The Bertz CT molecular complexity index is 861. The standard InChI is InChI=1S/C16H9ClF6N2O2/c17-11-1-2-13(26)12(6-11)14(27)25-24-7-8-3-9(15(18,19)20)5-10(4-8)16(21,22)23/h1-7,26H,(H,25,27)/b24-7+. The first kappa shape index (κ1) is 20.6. The number of carbonyl (C=O) groups excluding carboxylic acids is 1. The van der Waals surface area contributed by atoms with Crippen LogP contribution in [0.2, 0.25) is 5.02 Å². The van der Waals surface area contributed by atoms with Gasteiger partial charge in [0.2, 0.25) is 0 Å². The van der Waals surface area contributed by atoms with Gasteiger partial charge in [0, 0.05) is 5.02 Å². The minimum Gasteiger partial charge on any atom is -0.507 e. The summed E-state index contributed by atoms with van der Waals surface area (Å²) in [5.74, 6) is -1.40. The zero-order chi connectivity index (χ0) is 20.4. The molecule has 0 unspecified atom stereocenters.